The number of allylic oxidation sites excluding steroid dienone is 5. The second kappa shape index (κ2) is 7.15. The lowest BCUT2D eigenvalue weighted by Crippen LogP contribution is -2.51. The minimum Gasteiger partial charge on any atom is -0.329 e. The molecule has 1 atom stereocenters. The zero-order chi connectivity index (χ0) is 17.1. The summed E-state index contributed by atoms with van der Waals surface area (Å²) in [6.07, 6.45) is 12.9. The quantitative estimate of drug-likeness (QED) is 0.829. The van der Waals surface area contributed by atoms with Crippen LogP contribution in [0.2, 0.25) is 0 Å². The van der Waals surface area contributed by atoms with E-state index < -0.39 is 0 Å². The van der Waals surface area contributed by atoms with Gasteiger partial charge in [0.05, 0.1) is 0 Å². The van der Waals surface area contributed by atoms with Gasteiger partial charge in [-0.2, -0.15) is 5.01 Å². The number of nitrogens with zero attached hydrogens (tertiary/aromatic N) is 3. The Morgan fingerprint density at radius 2 is 2.04 bits per heavy atom. The van der Waals surface area contributed by atoms with E-state index in [0.29, 0.717) is 18.9 Å². The smallest absolute Gasteiger partial charge is 0.248 e. The Morgan fingerprint density at radius 1 is 1.29 bits per heavy atom. The van der Waals surface area contributed by atoms with Crippen LogP contribution in [-0.2, 0) is 4.79 Å². The zero-order valence-electron chi connectivity index (χ0n) is 14.5. The van der Waals surface area contributed by atoms with Gasteiger partial charge in [-0.25, -0.2) is 10.0 Å². The molecule has 0 spiro atoms. The summed E-state index contributed by atoms with van der Waals surface area (Å²) in [5, 5.41) is 10.1. The van der Waals surface area contributed by atoms with Gasteiger partial charge in [-0.3, -0.25) is 10.1 Å². The van der Waals surface area contributed by atoms with Crippen molar-refractivity contribution < 1.29 is 4.79 Å². The number of amides is 1. The molecule has 2 N–H and O–H groups in total. The number of hydrazine groups is 1. The predicted octanol–water partition coefficient (Wildman–Crippen LogP) is 2.02. The Balaban J connectivity index is 1.65. The van der Waals surface area contributed by atoms with E-state index in [1.807, 2.05) is 25.1 Å². The molecular formula is C18H25N5O. The number of guanidine groups is 1. The summed E-state index contributed by atoms with van der Waals surface area (Å²) in [4.78, 5) is 16.9. The highest BCUT2D eigenvalue weighted by molar-refractivity contribution is 5.99. The maximum atomic E-state index is 12.3. The van der Waals surface area contributed by atoms with Crippen molar-refractivity contribution in [3.63, 3.8) is 0 Å². The topological polar surface area (TPSA) is 60.0 Å². The lowest BCUT2D eigenvalue weighted by molar-refractivity contribution is -0.137. The van der Waals surface area contributed by atoms with Crippen molar-refractivity contribution in [1.82, 2.24) is 20.7 Å². The number of hydrogen-bond acceptors (Lipinski definition) is 5. The number of carbonyl (C=O) groups excluding carboxylic acids is 1. The summed E-state index contributed by atoms with van der Waals surface area (Å²) in [5.41, 5.74) is 3.55. The van der Waals surface area contributed by atoms with E-state index in [-0.39, 0.29) is 12.2 Å². The fourth-order valence-corrected chi connectivity index (χ4v) is 2.94. The predicted molar refractivity (Wildman–Crippen MR) is 95.6 cm³/mol. The molecule has 0 aromatic heterocycles. The molecule has 1 aliphatic carbocycles. The average molecular weight is 327 g/mol. The first-order valence-corrected chi connectivity index (χ1v) is 8.45. The third-order valence-electron chi connectivity index (χ3n) is 4.41. The van der Waals surface area contributed by atoms with Crippen LogP contribution in [0.3, 0.4) is 0 Å². The SMILES string of the molecule is CCC1=CCC=C(CNC2N=C3NC(C)=CCC(=O)N3N2C)C=C1. The van der Waals surface area contributed by atoms with E-state index in [1.165, 1.54) is 11.1 Å². The van der Waals surface area contributed by atoms with Crippen LogP contribution in [0.15, 0.2) is 52.2 Å². The van der Waals surface area contributed by atoms with Crippen molar-refractivity contribution >= 4 is 11.9 Å². The van der Waals surface area contributed by atoms with Crippen molar-refractivity contribution in [2.45, 2.75) is 39.4 Å². The molecule has 2 heterocycles. The first kappa shape index (κ1) is 16.7. The Labute approximate surface area is 143 Å². The Hall–Kier alpha value is -2.18. The van der Waals surface area contributed by atoms with Gasteiger partial charge in [0.2, 0.25) is 11.9 Å². The molecule has 0 radical (unpaired) electrons. The van der Waals surface area contributed by atoms with Crippen LogP contribution in [0.5, 0.6) is 0 Å². The van der Waals surface area contributed by atoms with Crippen molar-refractivity contribution in [3.05, 3.63) is 47.2 Å². The van der Waals surface area contributed by atoms with Gasteiger partial charge in [0, 0.05) is 25.7 Å². The third-order valence-corrected chi connectivity index (χ3v) is 4.41. The minimum atomic E-state index is -0.251. The van der Waals surface area contributed by atoms with Crippen LogP contribution in [0.25, 0.3) is 0 Å². The molecule has 0 fully saturated rings. The molecule has 3 aliphatic rings. The maximum Gasteiger partial charge on any atom is 0.248 e. The van der Waals surface area contributed by atoms with E-state index in [4.69, 9.17) is 0 Å². The molecule has 3 rings (SSSR count). The molecule has 0 bridgehead atoms. The fourth-order valence-electron chi connectivity index (χ4n) is 2.94. The first-order valence-electron chi connectivity index (χ1n) is 8.45. The monoisotopic (exact) mass is 327 g/mol. The van der Waals surface area contributed by atoms with E-state index in [9.17, 15) is 4.79 Å². The van der Waals surface area contributed by atoms with Gasteiger partial charge < -0.3 is 5.32 Å². The van der Waals surface area contributed by atoms with Crippen LogP contribution in [0.4, 0.5) is 0 Å². The van der Waals surface area contributed by atoms with Gasteiger partial charge >= 0.3 is 0 Å². The summed E-state index contributed by atoms with van der Waals surface area (Å²) in [7, 11) is 1.88. The average Bonchev–Trinajstić information content (AvgIpc) is 2.73. The first-order chi connectivity index (χ1) is 11.6. The van der Waals surface area contributed by atoms with Gasteiger partial charge in [-0.1, -0.05) is 42.9 Å². The maximum absolute atomic E-state index is 12.3. The van der Waals surface area contributed by atoms with Crippen LogP contribution in [0, 0.1) is 0 Å². The van der Waals surface area contributed by atoms with Gasteiger partial charge in [0.1, 0.15) is 0 Å². The van der Waals surface area contributed by atoms with Crippen LogP contribution in [0.1, 0.15) is 33.1 Å². The zero-order valence-corrected chi connectivity index (χ0v) is 14.5. The molecule has 128 valence electrons. The van der Waals surface area contributed by atoms with Crippen molar-refractivity contribution in [1.29, 1.82) is 0 Å². The molecule has 1 unspecified atom stereocenters. The number of carbonyl (C=O) groups is 1. The van der Waals surface area contributed by atoms with E-state index in [1.54, 1.807) is 5.01 Å². The Bertz CT molecular complexity index is 671. The molecule has 24 heavy (non-hydrogen) atoms. The highest BCUT2D eigenvalue weighted by Gasteiger charge is 2.36. The molecule has 6 nitrogen and oxygen atoms in total. The normalized spacial score (nSPS) is 24.4. The number of hydrogen-bond donors (Lipinski definition) is 2. The molecule has 0 aromatic carbocycles. The molecule has 2 aliphatic heterocycles. The summed E-state index contributed by atoms with van der Waals surface area (Å²) >= 11 is 0. The molecule has 6 heteroatoms. The lowest BCUT2D eigenvalue weighted by Gasteiger charge is -2.27. The fraction of sp³-hybridized carbons (Fsp3) is 0.444. The minimum absolute atomic E-state index is 0.0234. The molecule has 0 saturated carbocycles. The van der Waals surface area contributed by atoms with E-state index >= 15 is 0 Å². The number of nitrogens with one attached hydrogen (secondary N) is 2. The number of aliphatic imine (C=N–C) groups is 1. The lowest BCUT2D eigenvalue weighted by atomic mass is 10.2. The Kier molecular flexibility index (Phi) is 4.97. The molecular weight excluding hydrogens is 302 g/mol. The highest BCUT2D eigenvalue weighted by Crippen LogP contribution is 2.18. The molecule has 1 amide bonds. The molecule has 0 saturated heterocycles. The van der Waals surface area contributed by atoms with Gasteiger partial charge in [0.15, 0.2) is 6.29 Å². The number of rotatable bonds is 4. The van der Waals surface area contributed by atoms with E-state index in [2.05, 4.69) is 46.9 Å². The summed E-state index contributed by atoms with van der Waals surface area (Å²) in [6, 6.07) is 0. The Morgan fingerprint density at radius 3 is 2.83 bits per heavy atom. The van der Waals surface area contributed by atoms with Gasteiger partial charge in [-0.05, 0) is 25.3 Å². The molecule has 0 aromatic rings. The second-order valence-electron chi connectivity index (χ2n) is 6.18. The van der Waals surface area contributed by atoms with Crippen molar-refractivity contribution in [2.24, 2.45) is 4.99 Å². The van der Waals surface area contributed by atoms with Crippen LogP contribution in [-0.4, -0.2) is 41.8 Å². The van der Waals surface area contributed by atoms with Crippen molar-refractivity contribution in [3.8, 4) is 0 Å². The third kappa shape index (κ3) is 3.49. The number of fused-ring (bicyclic) bond motifs is 1. The van der Waals surface area contributed by atoms with Crippen molar-refractivity contribution in [2.75, 3.05) is 13.6 Å². The van der Waals surface area contributed by atoms with Gasteiger partial charge in [0.25, 0.3) is 0 Å². The van der Waals surface area contributed by atoms with E-state index in [0.717, 1.165) is 18.5 Å². The van der Waals surface area contributed by atoms with Crippen LogP contribution >= 0.6 is 0 Å². The standard InChI is InChI=1S/C18H25N5O/c1-4-14-6-5-7-15(10-9-14)12-19-17-21-18-20-13(2)8-11-16(24)23(18)22(17)3/h6-10,17,19H,4-5,11-12H2,1-3H3,(H,20,21). The largest absolute Gasteiger partial charge is 0.329 e. The summed E-state index contributed by atoms with van der Waals surface area (Å²) < 4.78 is 0. The summed E-state index contributed by atoms with van der Waals surface area (Å²) in [6.45, 7) is 4.83. The van der Waals surface area contributed by atoms with Gasteiger partial charge in [-0.15, -0.1) is 0 Å². The second-order valence-corrected chi connectivity index (χ2v) is 6.18. The highest BCUT2D eigenvalue weighted by atomic mass is 16.2. The summed E-state index contributed by atoms with van der Waals surface area (Å²) in [5.74, 6) is 0.613. The van der Waals surface area contributed by atoms with Crippen LogP contribution < -0.4 is 10.6 Å².